The van der Waals surface area contributed by atoms with Crippen molar-refractivity contribution in [3.8, 4) is 0 Å². The molecule has 1 aliphatic rings. The van der Waals surface area contributed by atoms with Gasteiger partial charge in [-0.2, -0.15) is 0 Å². The van der Waals surface area contributed by atoms with Crippen LogP contribution in [0.3, 0.4) is 0 Å². The average molecular weight is 389 g/mol. The second kappa shape index (κ2) is 5.97. The summed E-state index contributed by atoms with van der Waals surface area (Å²) in [6, 6.07) is 21.3. The molecule has 4 heteroatoms. The molecule has 0 saturated carbocycles. The third-order valence-corrected chi connectivity index (χ3v) is 6.58. The zero-order valence-electron chi connectivity index (χ0n) is 16.5. The fraction of sp³-hybridized carbons (Fsp3) is 0.250. The van der Waals surface area contributed by atoms with Gasteiger partial charge in [0.25, 0.3) is 0 Å². The molecule has 0 aromatic heterocycles. The highest BCUT2D eigenvalue weighted by Crippen LogP contribution is 2.37. The Morgan fingerprint density at radius 3 is 1.75 bits per heavy atom. The Hall–Kier alpha value is -2.07. The highest BCUT2D eigenvalue weighted by atomic mass is 35.5. The first kappa shape index (κ1) is 18.0. The SMILES string of the molecule is CC1(C)OB(c2ccc3c(ccc4c5ccc(Cl)cc5ccc34)c2)OC1(C)C. The van der Waals surface area contributed by atoms with Crippen molar-refractivity contribution in [1.82, 2.24) is 0 Å². The third-order valence-electron chi connectivity index (χ3n) is 6.34. The van der Waals surface area contributed by atoms with E-state index in [4.69, 9.17) is 20.9 Å². The Morgan fingerprint density at radius 1 is 0.643 bits per heavy atom. The summed E-state index contributed by atoms with van der Waals surface area (Å²) < 4.78 is 12.4. The van der Waals surface area contributed by atoms with E-state index < -0.39 is 0 Å². The van der Waals surface area contributed by atoms with Gasteiger partial charge in [0.2, 0.25) is 0 Å². The fourth-order valence-corrected chi connectivity index (χ4v) is 4.18. The Balaban J connectivity index is 1.65. The zero-order chi connectivity index (χ0) is 19.7. The summed E-state index contributed by atoms with van der Waals surface area (Å²) in [6.07, 6.45) is 0. The van der Waals surface area contributed by atoms with Crippen molar-refractivity contribution in [2.45, 2.75) is 38.9 Å². The zero-order valence-corrected chi connectivity index (χ0v) is 17.3. The number of rotatable bonds is 1. The second-order valence-corrected chi connectivity index (χ2v) is 9.10. The minimum atomic E-state index is -0.344. The lowest BCUT2D eigenvalue weighted by molar-refractivity contribution is 0.00578. The normalized spacial score (nSPS) is 18.4. The summed E-state index contributed by atoms with van der Waals surface area (Å²) >= 11 is 6.16. The van der Waals surface area contributed by atoms with Crippen molar-refractivity contribution in [2.24, 2.45) is 0 Å². The van der Waals surface area contributed by atoms with Gasteiger partial charge in [0.1, 0.15) is 0 Å². The largest absolute Gasteiger partial charge is 0.494 e. The van der Waals surface area contributed by atoms with Crippen molar-refractivity contribution < 1.29 is 9.31 Å². The van der Waals surface area contributed by atoms with Gasteiger partial charge in [0, 0.05) is 5.02 Å². The minimum absolute atomic E-state index is 0.337. The highest BCUT2D eigenvalue weighted by molar-refractivity contribution is 6.62. The van der Waals surface area contributed by atoms with Gasteiger partial charge in [0.05, 0.1) is 11.2 Å². The van der Waals surface area contributed by atoms with Crippen LogP contribution >= 0.6 is 11.6 Å². The van der Waals surface area contributed by atoms with E-state index in [0.717, 1.165) is 15.9 Å². The maximum absolute atomic E-state index is 6.22. The van der Waals surface area contributed by atoms with Crippen molar-refractivity contribution in [1.29, 1.82) is 0 Å². The van der Waals surface area contributed by atoms with E-state index in [0.29, 0.717) is 0 Å². The number of hydrogen-bond donors (Lipinski definition) is 0. The van der Waals surface area contributed by atoms with Gasteiger partial charge in [-0.1, -0.05) is 60.1 Å². The molecular formula is C24H22BClO2. The van der Waals surface area contributed by atoms with Gasteiger partial charge in [-0.25, -0.2) is 0 Å². The Labute approximate surface area is 170 Å². The van der Waals surface area contributed by atoms with Crippen LogP contribution in [-0.4, -0.2) is 18.3 Å². The van der Waals surface area contributed by atoms with E-state index in [1.807, 2.05) is 12.1 Å². The topological polar surface area (TPSA) is 18.5 Å². The molecule has 1 heterocycles. The molecule has 5 rings (SSSR count). The standard InChI is InChI=1S/C24H22BClO2/c1-23(2)24(3,4)28-25(27-23)17-7-11-19-15(13-17)5-9-22-20-12-8-18(26)14-16(20)6-10-21(19)22/h5-14H,1-4H3. The molecule has 2 nitrogen and oxygen atoms in total. The molecule has 1 saturated heterocycles. The predicted octanol–water partition coefficient (Wildman–Crippen LogP) is 6.10. The summed E-state index contributed by atoms with van der Waals surface area (Å²) in [7, 11) is -0.344. The van der Waals surface area contributed by atoms with Gasteiger partial charge in [-0.3, -0.25) is 0 Å². The third kappa shape index (κ3) is 2.65. The van der Waals surface area contributed by atoms with Crippen LogP contribution in [0, 0.1) is 0 Å². The molecule has 0 amide bonds. The van der Waals surface area contributed by atoms with E-state index in [-0.39, 0.29) is 18.3 Å². The first-order valence-electron chi connectivity index (χ1n) is 9.65. The molecule has 1 aliphatic heterocycles. The molecule has 4 aromatic carbocycles. The fourth-order valence-electron chi connectivity index (χ4n) is 4.00. The Morgan fingerprint density at radius 2 is 1.14 bits per heavy atom. The average Bonchev–Trinajstić information content (AvgIpc) is 2.87. The molecule has 0 atom stereocenters. The van der Waals surface area contributed by atoms with Crippen LogP contribution in [0.4, 0.5) is 0 Å². The quantitative estimate of drug-likeness (QED) is 0.290. The van der Waals surface area contributed by atoms with Gasteiger partial charge in [0.15, 0.2) is 0 Å². The Kier molecular flexibility index (Phi) is 3.83. The molecule has 0 spiro atoms. The summed E-state index contributed by atoms with van der Waals surface area (Å²) in [5.74, 6) is 0. The smallest absolute Gasteiger partial charge is 0.399 e. The molecule has 0 N–H and O–H groups in total. The lowest BCUT2D eigenvalue weighted by Crippen LogP contribution is -2.41. The molecule has 0 bridgehead atoms. The van der Waals surface area contributed by atoms with Crippen LogP contribution in [0.2, 0.25) is 5.02 Å². The molecule has 0 unspecified atom stereocenters. The summed E-state index contributed by atoms with van der Waals surface area (Å²) in [5, 5.41) is 8.05. The van der Waals surface area contributed by atoms with Crippen molar-refractivity contribution in [2.75, 3.05) is 0 Å². The number of hydrogen-bond acceptors (Lipinski definition) is 2. The van der Waals surface area contributed by atoms with E-state index in [1.165, 1.54) is 26.9 Å². The highest BCUT2D eigenvalue weighted by Gasteiger charge is 2.51. The monoisotopic (exact) mass is 388 g/mol. The van der Waals surface area contributed by atoms with Gasteiger partial charge >= 0.3 is 7.12 Å². The van der Waals surface area contributed by atoms with Crippen molar-refractivity contribution in [3.05, 3.63) is 65.7 Å². The van der Waals surface area contributed by atoms with Crippen LogP contribution in [0.15, 0.2) is 60.7 Å². The van der Waals surface area contributed by atoms with Crippen LogP contribution in [0.1, 0.15) is 27.7 Å². The minimum Gasteiger partial charge on any atom is -0.399 e. The molecule has 0 aliphatic carbocycles. The maximum atomic E-state index is 6.22. The van der Waals surface area contributed by atoms with E-state index in [9.17, 15) is 0 Å². The van der Waals surface area contributed by atoms with Crippen LogP contribution in [0.25, 0.3) is 32.3 Å². The Bertz CT molecular complexity index is 1230. The molecule has 28 heavy (non-hydrogen) atoms. The molecule has 140 valence electrons. The van der Waals surface area contributed by atoms with Crippen LogP contribution in [0.5, 0.6) is 0 Å². The van der Waals surface area contributed by atoms with Gasteiger partial charge in [-0.15, -0.1) is 0 Å². The molecular weight excluding hydrogens is 367 g/mol. The molecule has 0 radical (unpaired) electrons. The first-order chi connectivity index (χ1) is 13.2. The first-order valence-corrected chi connectivity index (χ1v) is 10.0. The van der Waals surface area contributed by atoms with E-state index in [2.05, 4.69) is 76.2 Å². The van der Waals surface area contributed by atoms with Crippen molar-refractivity contribution >= 4 is 56.5 Å². The summed E-state index contributed by atoms with van der Waals surface area (Å²) in [4.78, 5) is 0. The lowest BCUT2D eigenvalue weighted by Gasteiger charge is -2.32. The molecule has 4 aromatic rings. The lowest BCUT2D eigenvalue weighted by atomic mass is 9.78. The number of fused-ring (bicyclic) bond motifs is 5. The number of halogens is 1. The second-order valence-electron chi connectivity index (χ2n) is 8.66. The van der Waals surface area contributed by atoms with E-state index in [1.54, 1.807) is 0 Å². The van der Waals surface area contributed by atoms with Gasteiger partial charge in [-0.05, 0) is 77.6 Å². The van der Waals surface area contributed by atoms with Crippen LogP contribution in [-0.2, 0) is 9.31 Å². The molecule has 1 fully saturated rings. The predicted molar refractivity (Wildman–Crippen MR) is 120 cm³/mol. The summed E-state index contributed by atoms with van der Waals surface area (Å²) in [5.41, 5.74) is 0.380. The number of benzene rings is 4. The maximum Gasteiger partial charge on any atom is 0.494 e. The van der Waals surface area contributed by atoms with Gasteiger partial charge < -0.3 is 9.31 Å². The van der Waals surface area contributed by atoms with Crippen molar-refractivity contribution in [3.63, 3.8) is 0 Å². The summed E-state index contributed by atoms with van der Waals surface area (Å²) in [6.45, 7) is 8.33. The van der Waals surface area contributed by atoms with Crippen LogP contribution < -0.4 is 5.46 Å². The van der Waals surface area contributed by atoms with E-state index >= 15 is 0 Å².